The number of rotatable bonds is 7. The highest BCUT2D eigenvalue weighted by atomic mass is 127. The van der Waals surface area contributed by atoms with Gasteiger partial charge in [-0.3, -0.25) is 4.99 Å². The molecule has 3 saturated heterocycles. The lowest BCUT2D eigenvalue weighted by molar-refractivity contribution is 0.150. The van der Waals surface area contributed by atoms with Crippen molar-refractivity contribution in [3.05, 3.63) is 0 Å². The highest BCUT2D eigenvalue weighted by molar-refractivity contribution is 14.0. The van der Waals surface area contributed by atoms with Crippen LogP contribution in [0.5, 0.6) is 0 Å². The average Bonchev–Trinajstić information content (AvgIpc) is 3.22. The van der Waals surface area contributed by atoms with E-state index in [1.807, 2.05) is 7.05 Å². The van der Waals surface area contributed by atoms with Crippen LogP contribution in [-0.2, 0) is 4.74 Å². The summed E-state index contributed by atoms with van der Waals surface area (Å²) in [6.07, 6.45) is 7.64. The van der Waals surface area contributed by atoms with Crippen LogP contribution in [0, 0.1) is 11.8 Å². The quantitative estimate of drug-likeness (QED) is 0.315. The second-order valence-electron chi connectivity index (χ2n) is 8.61. The highest BCUT2D eigenvalue weighted by Crippen LogP contribution is 2.20. The molecule has 3 heterocycles. The minimum absolute atomic E-state index is 0. The molecule has 0 bridgehead atoms. The normalized spacial score (nSPS) is 26.2. The number of aliphatic imine (C=N–C) groups is 1. The second kappa shape index (κ2) is 13.2. The number of hydrogen-bond donors (Lipinski definition) is 2. The fraction of sp³-hybridized carbons (Fsp3) is 0.952. The minimum Gasteiger partial charge on any atom is -0.381 e. The summed E-state index contributed by atoms with van der Waals surface area (Å²) in [5, 5.41) is 7.21. The monoisotopic (exact) mass is 507 g/mol. The van der Waals surface area contributed by atoms with Gasteiger partial charge in [-0.1, -0.05) is 6.92 Å². The van der Waals surface area contributed by atoms with Gasteiger partial charge in [0.15, 0.2) is 5.96 Å². The van der Waals surface area contributed by atoms with Crippen LogP contribution in [-0.4, -0.2) is 87.9 Å². The Hall–Kier alpha value is -0.120. The van der Waals surface area contributed by atoms with Gasteiger partial charge in [0.1, 0.15) is 0 Å². The standard InChI is InChI=1S/C21H41N5O.HI/c1-3-25-11-5-18(6-12-25)4-10-23-21(22-2)24-20-7-13-26(14-8-20)16-19-9-15-27-17-19;/h18-20H,3-17H2,1-2H3,(H2,22,23,24);1H. The molecule has 0 amide bonds. The number of halogens is 1. The van der Waals surface area contributed by atoms with Crippen LogP contribution < -0.4 is 10.6 Å². The molecule has 3 aliphatic rings. The lowest BCUT2D eigenvalue weighted by Crippen LogP contribution is -2.49. The number of hydrogen-bond acceptors (Lipinski definition) is 4. The van der Waals surface area contributed by atoms with Crippen molar-refractivity contribution < 1.29 is 4.74 Å². The Bertz CT molecular complexity index is 442. The molecule has 0 radical (unpaired) electrons. The molecule has 0 aromatic rings. The summed E-state index contributed by atoms with van der Waals surface area (Å²) in [4.78, 5) is 9.64. The number of nitrogens with one attached hydrogen (secondary N) is 2. The van der Waals surface area contributed by atoms with Gasteiger partial charge in [0.2, 0.25) is 0 Å². The van der Waals surface area contributed by atoms with E-state index in [0.29, 0.717) is 6.04 Å². The smallest absolute Gasteiger partial charge is 0.191 e. The minimum atomic E-state index is 0. The first-order valence-electron chi connectivity index (χ1n) is 11.3. The average molecular weight is 508 g/mol. The summed E-state index contributed by atoms with van der Waals surface area (Å²) in [6.45, 7) is 12.6. The molecule has 28 heavy (non-hydrogen) atoms. The van der Waals surface area contributed by atoms with Crippen LogP contribution in [0.4, 0.5) is 0 Å². The zero-order valence-corrected chi connectivity index (χ0v) is 20.3. The first kappa shape index (κ1) is 24.2. The molecule has 0 spiro atoms. The Labute approximate surface area is 189 Å². The molecule has 3 aliphatic heterocycles. The molecule has 1 atom stereocenters. The SMILES string of the molecule is CCN1CCC(CCNC(=NC)NC2CCN(CC3CCOC3)CC2)CC1.I. The lowest BCUT2D eigenvalue weighted by atomic mass is 9.93. The van der Waals surface area contributed by atoms with Crippen LogP contribution in [0.1, 0.15) is 45.4 Å². The van der Waals surface area contributed by atoms with E-state index < -0.39 is 0 Å². The lowest BCUT2D eigenvalue weighted by Gasteiger charge is -2.34. The molecule has 6 nitrogen and oxygen atoms in total. The zero-order valence-electron chi connectivity index (χ0n) is 18.0. The largest absolute Gasteiger partial charge is 0.381 e. The number of likely N-dealkylation sites (tertiary alicyclic amines) is 2. The first-order chi connectivity index (χ1) is 13.3. The van der Waals surface area contributed by atoms with Crippen molar-refractivity contribution in [1.82, 2.24) is 20.4 Å². The van der Waals surface area contributed by atoms with Crippen molar-refractivity contribution >= 4 is 29.9 Å². The molecule has 3 fully saturated rings. The second-order valence-corrected chi connectivity index (χ2v) is 8.61. The summed E-state index contributed by atoms with van der Waals surface area (Å²) in [5.41, 5.74) is 0. The van der Waals surface area contributed by atoms with Gasteiger partial charge >= 0.3 is 0 Å². The van der Waals surface area contributed by atoms with Gasteiger partial charge in [-0.05, 0) is 70.0 Å². The Morgan fingerprint density at radius 1 is 1.00 bits per heavy atom. The molecule has 0 saturated carbocycles. The maximum atomic E-state index is 5.51. The third-order valence-electron chi connectivity index (χ3n) is 6.69. The molecule has 0 aliphatic carbocycles. The van der Waals surface area contributed by atoms with Gasteiger partial charge in [0.05, 0.1) is 6.61 Å². The summed E-state index contributed by atoms with van der Waals surface area (Å²) < 4.78 is 5.51. The van der Waals surface area contributed by atoms with Crippen molar-refractivity contribution in [3.8, 4) is 0 Å². The number of guanidine groups is 1. The topological polar surface area (TPSA) is 52.1 Å². The Morgan fingerprint density at radius 3 is 2.32 bits per heavy atom. The van der Waals surface area contributed by atoms with Gasteiger partial charge in [-0.25, -0.2) is 0 Å². The van der Waals surface area contributed by atoms with E-state index in [9.17, 15) is 0 Å². The Balaban J connectivity index is 0.00000280. The zero-order chi connectivity index (χ0) is 18.9. The van der Waals surface area contributed by atoms with Gasteiger partial charge in [-0.2, -0.15) is 0 Å². The molecular formula is C21H42IN5O. The Kier molecular flexibility index (Phi) is 11.4. The summed E-state index contributed by atoms with van der Waals surface area (Å²) in [5.74, 6) is 2.62. The number of piperidine rings is 2. The van der Waals surface area contributed by atoms with Crippen molar-refractivity contribution in [2.24, 2.45) is 16.8 Å². The van der Waals surface area contributed by atoms with Gasteiger partial charge in [0.25, 0.3) is 0 Å². The predicted molar refractivity (Wildman–Crippen MR) is 128 cm³/mol. The van der Waals surface area contributed by atoms with Crippen molar-refractivity contribution in [1.29, 1.82) is 0 Å². The third-order valence-corrected chi connectivity index (χ3v) is 6.69. The summed E-state index contributed by atoms with van der Waals surface area (Å²) >= 11 is 0. The van der Waals surface area contributed by atoms with E-state index in [-0.39, 0.29) is 24.0 Å². The molecule has 0 aromatic carbocycles. The van der Waals surface area contributed by atoms with E-state index in [0.717, 1.165) is 37.6 Å². The third kappa shape index (κ3) is 7.95. The van der Waals surface area contributed by atoms with Crippen molar-refractivity contribution in [2.45, 2.75) is 51.5 Å². The maximum Gasteiger partial charge on any atom is 0.191 e. The summed E-state index contributed by atoms with van der Waals surface area (Å²) in [6, 6.07) is 0.556. The van der Waals surface area contributed by atoms with Crippen molar-refractivity contribution in [2.75, 3.05) is 66.1 Å². The number of nitrogens with zero attached hydrogens (tertiary/aromatic N) is 3. The van der Waals surface area contributed by atoms with Gasteiger partial charge < -0.3 is 25.2 Å². The Morgan fingerprint density at radius 2 is 1.71 bits per heavy atom. The fourth-order valence-electron chi connectivity index (χ4n) is 4.73. The fourth-order valence-corrected chi connectivity index (χ4v) is 4.73. The highest BCUT2D eigenvalue weighted by Gasteiger charge is 2.24. The van der Waals surface area contributed by atoms with Crippen LogP contribution >= 0.6 is 24.0 Å². The summed E-state index contributed by atoms with van der Waals surface area (Å²) in [7, 11) is 1.89. The van der Waals surface area contributed by atoms with E-state index in [1.54, 1.807) is 0 Å². The van der Waals surface area contributed by atoms with Crippen molar-refractivity contribution in [3.63, 3.8) is 0 Å². The molecule has 0 aromatic heterocycles. The molecular weight excluding hydrogens is 465 g/mol. The van der Waals surface area contributed by atoms with Gasteiger partial charge in [-0.15, -0.1) is 24.0 Å². The molecule has 2 N–H and O–H groups in total. The van der Waals surface area contributed by atoms with Crippen LogP contribution in [0.25, 0.3) is 0 Å². The molecule has 3 rings (SSSR count). The predicted octanol–water partition coefficient (Wildman–Crippen LogP) is 2.39. The van der Waals surface area contributed by atoms with Gasteiger partial charge in [0, 0.05) is 45.9 Å². The van der Waals surface area contributed by atoms with E-state index in [2.05, 4.69) is 32.3 Å². The maximum absolute atomic E-state index is 5.51. The van der Waals surface area contributed by atoms with E-state index >= 15 is 0 Å². The van der Waals surface area contributed by atoms with E-state index in [1.165, 1.54) is 77.8 Å². The molecule has 164 valence electrons. The van der Waals surface area contributed by atoms with E-state index in [4.69, 9.17) is 4.74 Å². The molecule has 7 heteroatoms. The van der Waals surface area contributed by atoms with Crippen LogP contribution in [0.2, 0.25) is 0 Å². The first-order valence-corrected chi connectivity index (χ1v) is 11.3. The molecule has 1 unspecified atom stereocenters. The van der Waals surface area contributed by atoms with Crippen LogP contribution in [0.15, 0.2) is 4.99 Å². The van der Waals surface area contributed by atoms with Crippen LogP contribution in [0.3, 0.4) is 0 Å². The number of ether oxygens (including phenoxy) is 1.